The molecule has 1 N–H and O–H groups in total. The molecule has 3 aromatic carbocycles. The average molecular weight is 379 g/mol. The van der Waals surface area contributed by atoms with E-state index in [4.69, 9.17) is 16.3 Å². The van der Waals surface area contributed by atoms with Crippen LogP contribution in [0.5, 0.6) is 5.75 Å². The van der Waals surface area contributed by atoms with Crippen LogP contribution in [0, 0.1) is 6.92 Å². The lowest BCUT2D eigenvalue weighted by Crippen LogP contribution is -2.17. The van der Waals surface area contributed by atoms with E-state index < -0.39 is 0 Å². The number of benzene rings is 3. The third kappa shape index (κ3) is 5.43. The van der Waals surface area contributed by atoms with Crippen molar-refractivity contribution in [3.63, 3.8) is 0 Å². The molecular formula is C22H19ClN2O2. The molecule has 0 saturated carbocycles. The molecule has 0 radical (unpaired) electrons. The van der Waals surface area contributed by atoms with E-state index in [2.05, 4.69) is 22.7 Å². The molecule has 0 spiro atoms. The van der Waals surface area contributed by atoms with Crippen molar-refractivity contribution in [2.24, 2.45) is 5.10 Å². The van der Waals surface area contributed by atoms with Crippen LogP contribution < -0.4 is 10.2 Å². The summed E-state index contributed by atoms with van der Waals surface area (Å²) < 4.78 is 5.74. The minimum Gasteiger partial charge on any atom is -0.489 e. The SMILES string of the molecule is Cc1ccc(COc2ccc(C(=O)NN=Cc3ccccc3Cl)cc2)cc1. The number of hydrazone groups is 1. The van der Waals surface area contributed by atoms with E-state index in [1.54, 1.807) is 30.3 Å². The standard InChI is InChI=1S/C22H19ClN2O2/c1-16-6-8-17(9-7-16)15-27-20-12-10-18(11-13-20)22(26)25-24-14-19-4-2-3-5-21(19)23/h2-14H,15H2,1H3,(H,25,26). The van der Waals surface area contributed by atoms with Crippen LogP contribution in [0.2, 0.25) is 5.02 Å². The van der Waals surface area contributed by atoms with Gasteiger partial charge < -0.3 is 4.74 Å². The summed E-state index contributed by atoms with van der Waals surface area (Å²) in [5, 5.41) is 4.52. The molecular weight excluding hydrogens is 360 g/mol. The Morgan fingerprint density at radius 2 is 1.74 bits per heavy atom. The molecule has 0 heterocycles. The molecule has 136 valence electrons. The van der Waals surface area contributed by atoms with E-state index in [9.17, 15) is 4.79 Å². The van der Waals surface area contributed by atoms with Crippen molar-refractivity contribution in [1.82, 2.24) is 5.43 Å². The number of amides is 1. The minimum atomic E-state index is -0.302. The zero-order valence-corrected chi connectivity index (χ0v) is 15.6. The van der Waals surface area contributed by atoms with E-state index in [1.165, 1.54) is 11.8 Å². The van der Waals surface area contributed by atoms with Crippen LogP contribution in [0.25, 0.3) is 0 Å². The summed E-state index contributed by atoms with van der Waals surface area (Å²) in [7, 11) is 0. The Morgan fingerprint density at radius 3 is 2.44 bits per heavy atom. The van der Waals surface area contributed by atoms with Crippen molar-refractivity contribution in [1.29, 1.82) is 0 Å². The second-order valence-corrected chi connectivity index (χ2v) is 6.43. The average Bonchev–Trinajstić information content (AvgIpc) is 2.69. The fraction of sp³-hybridized carbons (Fsp3) is 0.0909. The number of hydrogen-bond acceptors (Lipinski definition) is 3. The number of hydrogen-bond donors (Lipinski definition) is 1. The molecule has 0 atom stereocenters. The molecule has 0 aliphatic carbocycles. The number of rotatable bonds is 6. The third-order valence-corrected chi connectivity index (χ3v) is 4.26. The third-order valence-electron chi connectivity index (χ3n) is 3.92. The Hall–Kier alpha value is -3.11. The molecule has 0 saturated heterocycles. The van der Waals surface area contributed by atoms with Crippen LogP contribution in [0.4, 0.5) is 0 Å². The predicted molar refractivity (Wildman–Crippen MR) is 108 cm³/mol. The maximum absolute atomic E-state index is 12.1. The first-order chi connectivity index (χ1) is 13.1. The Labute approximate surface area is 163 Å². The molecule has 0 bridgehead atoms. The fourth-order valence-electron chi connectivity index (χ4n) is 2.36. The van der Waals surface area contributed by atoms with Gasteiger partial charge in [-0.25, -0.2) is 5.43 Å². The lowest BCUT2D eigenvalue weighted by molar-refractivity contribution is 0.0955. The van der Waals surface area contributed by atoms with E-state index in [1.807, 2.05) is 37.3 Å². The zero-order valence-electron chi connectivity index (χ0n) is 14.9. The molecule has 1 amide bonds. The van der Waals surface area contributed by atoms with Crippen LogP contribution in [-0.4, -0.2) is 12.1 Å². The number of carbonyl (C=O) groups excluding carboxylic acids is 1. The monoisotopic (exact) mass is 378 g/mol. The number of nitrogens with one attached hydrogen (secondary N) is 1. The van der Waals surface area contributed by atoms with Crippen LogP contribution in [0.3, 0.4) is 0 Å². The summed E-state index contributed by atoms with van der Waals surface area (Å²) in [5.41, 5.74) is 6.03. The lowest BCUT2D eigenvalue weighted by Gasteiger charge is -2.07. The van der Waals surface area contributed by atoms with Gasteiger partial charge in [-0.2, -0.15) is 5.10 Å². The van der Waals surface area contributed by atoms with Gasteiger partial charge in [-0.1, -0.05) is 59.6 Å². The summed E-state index contributed by atoms with van der Waals surface area (Å²) in [6.45, 7) is 2.53. The van der Waals surface area contributed by atoms with E-state index >= 15 is 0 Å². The topological polar surface area (TPSA) is 50.7 Å². The van der Waals surface area contributed by atoms with Gasteiger partial charge in [0.05, 0.1) is 6.21 Å². The van der Waals surface area contributed by atoms with Crippen molar-refractivity contribution < 1.29 is 9.53 Å². The number of aryl methyl sites for hydroxylation is 1. The Morgan fingerprint density at radius 1 is 1.04 bits per heavy atom. The van der Waals surface area contributed by atoms with Gasteiger partial charge in [0, 0.05) is 16.1 Å². The minimum absolute atomic E-state index is 0.302. The predicted octanol–water partition coefficient (Wildman–Crippen LogP) is 4.99. The maximum atomic E-state index is 12.1. The van der Waals surface area contributed by atoms with Crippen molar-refractivity contribution >= 4 is 23.7 Å². The van der Waals surface area contributed by atoms with Gasteiger partial charge in [0.2, 0.25) is 0 Å². The molecule has 0 unspecified atom stereocenters. The molecule has 0 aromatic heterocycles. The van der Waals surface area contributed by atoms with Crippen LogP contribution >= 0.6 is 11.6 Å². The quantitative estimate of drug-likeness (QED) is 0.485. The lowest BCUT2D eigenvalue weighted by atomic mass is 10.2. The van der Waals surface area contributed by atoms with E-state index in [0.29, 0.717) is 22.9 Å². The highest BCUT2D eigenvalue weighted by atomic mass is 35.5. The highest BCUT2D eigenvalue weighted by Crippen LogP contribution is 2.15. The van der Waals surface area contributed by atoms with Crippen molar-refractivity contribution in [2.75, 3.05) is 0 Å². The van der Waals surface area contributed by atoms with Crippen molar-refractivity contribution in [2.45, 2.75) is 13.5 Å². The summed E-state index contributed by atoms with van der Waals surface area (Å²) >= 11 is 6.04. The second kappa shape index (κ2) is 9.01. The largest absolute Gasteiger partial charge is 0.489 e. The molecule has 5 heteroatoms. The molecule has 0 aliphatic rings. The van der Waals surface area contributed by atoms with Crippen molar-refractivity contribution in [3.8, 4) is 5.75 Å². The van der Waals surface area contributed by atoms with E-state index in [0.717, 1.165) is 11.1 Å². The van der Waals surface area contributed by atoms with Gasteiger partial charge in [-0.05, 0) is 42.8 Å². The summed E-state index contributed by atoms with van der Waals surface area (Å²) in [6, 6.07) is 22.4. The van der Waals surface area contributed by atoms with Gasteiger partial charge in [-0.15, -0.1) is 0 Å². The highest BCUT2D eigenvalue weighted by Gasteiger charge is 2.05. The van der Waals surface area contributed by atoms with Crippen LogP contribution in [0.15, 0.2) is 77.9 Å². The second-order valence-electron chi connectivity index (χ2n) is 6.02. The summed E-state index contributed by atoms with van der Waals surface area (Å²) in [6.07, 6.45) is 1.51. The number of nitrogens with zero attached hydrogens (tertiary/aromatic N) is 1. The van der Waals surface area contributed by atoms with Gasteiger partial charge in [0.25, 0.3) is 5.91 Å². The molecule has 3 aromatic rings. The van der Waals surface area contributed by atoms with Gasteiger partial charge >= 0.3 is 0 Å². The Kier molecular flexibility index (Phi) is 6.23. The fourth-order valence-corrected chi connectivity index (χ4v) is 2.54. The number of ether oxygens (including phenoxy) is 1. The van der Waals surface area contributed by atoms with E-state index in [-0.39, 0.29) is 5.91 Å². The highest BCUT2D eigenvalue weighted by molar-refractivity contribution is 6.33. The van der Waals surface area contributed by atoms with Gasteiger partial charge in [0.15, 0.2) is 0 Å². The Balaban J connectivity index is 1.54. The molecule has 27 heavy (non-hydrogen) atoms. The van der Waals surface area contributed by atoms with Crippen LogP contribution in [-0.2, 0) is 6.61 Å². The smallest absolute Gasteiger partial charge is 0.271 e. The summed E-state index contributed by atoms with van der Waals surface area (Å²) in [5.74, 6) is 0.398. The normalized spacial score (nSPS) is 10.7. The molecule has 0 fully saturated rings. The van der Waals surface area contributed by atoms with Gasteiger partial charge in [0.1, 0.15) is 12.4 Å². The number of halogens is 1. The maximum Gasteiger partial charge on any atom is 0.271 e. The van der Waals surface area contributed by atoms with Crippen molar-refractivity contribution in [3.05, 3.63) is 100 Å². The molecule has 4 nitrogen and oxygen atoms in total. The Bertz CT molecular complexity index is 935. The van der Waals surface area contributed by atoms with Crippen LogP contribution in [0.1, 0.15) is 27.0 Å². The summed E-state index contributed by atoms with van der Waals surface area (Å²) in [4.78, 5) is 12.1. The number of carbonyl (C=O) groups is 1. The molecule has 0 aliphatic heterocycles. The first kappa shape index (κ1) is 18.7. The first-order valence-electron chi connectivity index (χ1n) is 8.48. The molecule has 3 rings (SSSR count). The van der Waals surface area contributed by atoms with Gasteiger partial charge in [-0.3, -0.25) is 4.79 Å². The zero-order chi connectivity index (χ0) is 19.1. The first-order valence-corrected chi connectivity index (χ1v) is 8.86.